The van der Waals surface area contributed by atoms with Crippen LogP contribution in [0.2, 0.25) is 0 Å². The summed E-state index contributed by atoms with van der Waals surface area (Å²) in [5, 5.41) is 45.6. The Balaban J connectivity index is 5.11. The maximum Gasteiger partial charge on any atom is 0.260 e. The number of hydrogen-bond acceptors (Lipinski definition) is 7. The number of carbonyl (C=O) groups is 2. The van der Waals surface area contributed by atoms with E-state index in [9.17, 15) is 24.9 Å². The van der Waals surface area contributed by atoms with Crippen LogP contribution in [0.3, 0.4) is 0 Å². The van der Waals surface area contributed by atoms with Crippen LogP contribution >= 0.6 is 0 Å². The molecule has 0 radical (unpaired) electrons. The first-order valence-corrected chi connectivity index (χ1v) is 4.37. The second kappa shape index (κ2) is 5.32. The summed E-state index contributed by atoms with van der Waals surface area (Å²) in [6, 6.07) is 0. The Morgan fingerprint density at radius 1 is 1.31 bits per heavy atom. The van der Waals surface area contributed by atoms with Crippen molar-refractivity contribution in [1.29, 1.82) is 0 Å². The van der Waals surface area contributed by atoms with E-state index in [-0.39, 0.29) is 0 Å². The molecule has 0 spiro atoms. The highest BCUT2D eigenvalue weighted by Crippen LogP contribution is 2.17. The Morgan fingerprint density at radius 2 is 1.75 bits per heavy atom. The van der Waals surface area contributed by atoms with E-state index in [1.807, 2.05) is 0 Å². The minimum Gasteiger partial charge on any atom is -0.394 e. The molecular weight excluding hydrogens is 222 g/mol. The number of hydrogen-bond donors (Lipinski definition) is 6. The fourth-order valence-corrected chi connectivity index (χ4v) is 1.09. The third-order valence-electron chi connectivity index (χ3n) is 2.25. The summed E-state index contributed by atoms with van der Waals surface area (Å²) in [5.41, 5.74) is 1.72. The highest BCUT2D eigenvalue weighted by molar-refractivity contribution is 6.08. The van der Waals surface area contributed by atoms with Crippen molar-refractivity contribution in [3.63, 3.8) is 0 Å². The Hall–Kier alpha value is -1.06. The zero-order valence-electron chi connectivity index (χ0n) is 8.57. The van der Waals surface area contributed by atoms with E-state index >= 15 is 0 Å². The van der Waals surface area contributed by atoms with Crippen molar-refractivity contribution in [3.8, 4) is 0 Å². The summed E-state index contributed by atoms with van der Waals surface area (Å²) in [4.78, 5) is 21.9. The predicted molar refractivity (Wildman–Crippen MR) is 49.9 cm³/mol. The van der Waals surface area contributed by atoms with Crippen molar-refractivity contribution in [2.45, 2.75) is 30.8 Å². The molecule has 0 aromatic carbocycles. The van der Waals surface area contributed by atoms with Gasteiger partial charge < -0.3 is 31.3 Å². The molecule has 0 rings (SSSR count). The van der Waals surface area contributed by atoms with Crippen LogP contribution in [0.1, 0.15) is 6.92 Å². The van der Waals surface area contributed by atoms with E-state index < -0.39 is 42.2 Å². The lowest BCUT2D eigenvalue weighted by Gasteiger charge is -2.31. The van der Waals surface area contributed by atoms with E-state index in [2.05, 4.69) is 0 Å². The summed E-state index contributed by atoms with van der Waals surface area (Å²) >= 11 is 0. The average molecular weight is 237 g/mol. The van der Waals surface area contributed by atoms with Crippen LogP contribution in [-0.2, 0) is 9.59 Å². The van der Waals surface area contributed by atoms with Gasteiger partial charge >= 0.3 is 0 Å². The number of amides is 1. The van der Waals surface area contributed by atoms with Gasteiger partial charge in [0.2, 0.25) is 5.60 Å². The summed E-state index contributed by atoms with van der Waals surface area (Å²) in [7, 11) is 0. The summed E-state index contributed by atoms with van der Waals surface area (Å²) in [5.74, 6) is -2.74. The molecule has 7 N–H and O–H groups in total. The molecule has 0 aliphatic heterocycles. The lowest BCUT2D eigenvalue weighted by Crippen LogP contribution is -2.63. The van der Waals surface area contributed by atoms with E-state index in [1.54, 1.807) is 0 Å². The molecule has 0 saturated heterocycles. The summed E-state index contributed by atoms with van der Waals surface area (Å²) in [6.07, 6.45) is -6.24. The molecule has 0 unspecified atom stereocenters. The van der Waals surface area contributed by atoms with Gasteiger partial charge in [0.15, 0.2) is 5.78 Å². The highest BCUT2D eigenvalue weighted by Gasteiger charge is 2.51. The molecule has 0 fully saturated rings. The number of Topliss-reactive ketones (excluding diaryl/α,β-unsaturated/α-hetero) is 1. The molecule has 94 valence electrons. The molecule has 0 heterocycles. The van der Waals surface area contributed by atoms with Gasteiger partial charge in [0.25, 0.3) is 5.91 Å². The molecule has 0 aromatic heterocycles. The van der Waals surface area contributed by atoms with Crippen molar-refractivity contribution in [3.05, 3.63) is 0 Å². The SMILES string of the molecule is CC(=O)[C@](O)(C(N)=O)[C@@H](O)[C@H](O)[C@H](O)CO. The Kier molecular flexibility index (Phi) is 4.97. The standard InChI is InChI=1S/C8H15NO7/c1-3(11)8(16,7(9)15)6(14)5(13)4(12)2-10/h4-6,10,12-14,16H,2H2,1H3,(H2,9,15)/t4-,5-,6+,8-/m1/s1. The summed E-state index contributed by atoms with van der Waals surface area (Å²) < 4.78 is 0. The number of rotatable bonds is 6. The fourth-order valence-electron chi connectivity index (χ4n) is 1.09. The maximum absolute atomic E-state index is 11.0. The molecule has 8 heteroatoms. The smallest absolute Gasteiger partial charge is 0.260 e. The van der Waals surface area contributed by atoms with E-state index in [0.717, 1.165) is 6.92 Å². The lowest BCUT2D eigenvalue weighted by atomic mass is 9.86. The van der Waals surface area contributed by atoms with E-state index in [4.69, 9.17) is 15.9 Å². The Bertz CT molecular complexity index is 266. The monoisotopic (exact) mass is 237 g/mol. The number of carbonyl (C=O) groups excluding carboxylic acids is 2. The van der Waals surface area contributed by atoms with Crippen molar-refractivity contribution in [1.82, 2.24) is 0 Å². The van der Waals surface area contributed by atoms with Crippen molar-refractivity contribution >= 4 is 11.7 Å². The molecule has 0 aliphatic rings. The largest absolute Gasteiger partial charge is 0.394 e. The zero-order chi connectivity index (χ0) is 13.1. The van der Waals surface area contributed by atoms with Crippen LogP contribution in [0.25, 0.3) is 0 Å². The predicted octanol–water partition coefficient (Wildman–Crippen LogP) is -4.13. The molecule has 1 amide bonds. The van der Waals surface area contributed by atoms with Crippen molar-refractivity contribution < 1.29 is 35.1 Å². The third-order valence-corrected chi connectivity index (χ3v) is 2.25. The number of nitrogens with two attached hydrogens (primary N) is 1. The zero-order valence-corrected chi connectivity index (χ0v) is 8.57. The van der Waals surface area contributed by atoms with Crippen LogP contribution in [0.5, 0.6) is 0 Å². The quantitative estimate of drug-likeness (QED) is 0.255. The first-order chi connectivity index (χ1) is 7.19. The van der Waals surface area contributed by atoms with Crippen LogP contribution in [0.15, 0.2) is 0 Å². The van der Waals surface area contributed by atoms with Gasteiger partial charge in [0, 0.05) is 0 Å². The van der Waals surface area contributed by atoms with Gasteiger partial charge in [-0.3, -0.25) is 9.59 Å². The molecule has 0 bridgehead atoms. The molecule has 0 aliphatic carbocycles. The van der Waals surface area contributed by atoms with Gasteiger partial charge in [-0.15, -0.1) is 0 Å². The van der Waals surface area contributed by atoms with Crippen LogP contribution in [0, 0.1) is 0 Å². The first kappa shape index (κ1) is 14.9. The number of primary amides is 1. The Labute approximate surface area is 90.9 Å². The molecule has 0 aromatic rings. The molecule has 8 nitrogen and oxygen atoms in total. The molecule has 16 heavy (non-hydrogen) atoms. The van der Waals surface area contributed by atoms with Gasteiger partial charge in [0.05, 0.1) is 6.61 Å². The van der Waals surface area contributed by atoms with Gasteiger partial charge in [0.1, 0.15) is 18.3 Å². The minimum atomic E-state index is -3.00. The molecular formula is C8H15NO7. The van der Waals surface area contributed by atoms with E-state index in [0.29, 0.717) is 0 Å². The highest BCUT2D eigenvalue weighted by atomic mass is 16.4. The first-order valence-electron chi connectivity index (χ1n) is 4.37. The van der Waals surface area contributed by atoms with Crippen LogP contribution in [-0.4, -0.2) is 67.7 Å². The third kappa shape index (κ3) is 2.54. The van der Waals surface area contributed by atoms with Gasteiger partial charge in [-0.05, 0) is 6.92 Å². The number of aliphatic hydroxyl groups is 5. The normalized spacial score (nSPS) is 20.6. The molecule has 4 atom stereocenters. The van der Waals surface area contributed by atoms with Gasteiger partial charge in [-0.2, -0.15) is 0 Å². The number of aliphatic hydroxyl groups excluding tert-OH is 4. The number of ketones is 1. The molecule has 0 saturated carbocycles. The van der Waals surface area contributed by atoms with Crippen LogP contribution < -0.4 is 5.73 Å². The average Bonchev–Trinajstić information content (AvgIpc) is 2.23. The van der Waals surface area contributed by atoms with Crippen molar-refractivity contribution in [2.24, 2.45) is 5.73 Å². The van der Waals surface area contributed by atoms with Gasteiger partial charge in [-0.25, -0.2) is 0 Å². The minimum absolute atomic E-state index is 0.784. The van der Waals surface area contributed by atoms with Crippen LogP contribution in [0.4, 0.5) is 0 Å². The van der Waals surface area contributed by atoms with E-state index in [1.165, 1.54) is 0 Å². The maximum atomic E-state index is 11.0. The fraction of sp³-hybridized carbons (Fsp3) is 0.750. The van der Waals surface area contributed by atoms with Gasteiger partial charge in [-0.1, -0.05) is 0 Å². The second-order valence-corrected chi connectivity index (χ2v) is 3.37. The lowest BCUT2D eigenvalue weighted by molar-refractivity contribution is -0.179. The Morgan fingerprint density at radius 3 is 2.00 bits per heavy atom. The summed E-state index contributed by atoms with van der Waals surface area (Å²) in [6.45, 7) is -0.142. The second-order valence-electron chi connectivity index (χ2n) is 3.37. The van der Waals surface area contributed by atoms with Crippen molar-refractivity contribution in [2.75, 3.05) is 6.61 Å². The topological polar surface area (TPSA) is 161 Å².